The summed E-state index contributed by atoms with van der Waals surface area (Å²) in [6.07, 6.45) is 1.99. The number of fused-ring (bicyclic) bond motifs is 1. The molecule has 1 aliphatic rings. The summed E-state index contributed by atoms with van der Waals surface area (Å²) in [6.45, 7) is 8.49. The number of amides is 1. The number of hydrogen-bond acceptors (Lipinski definition) is 2. The van der Waals surface area contributed by atoms with Crippen molar-refractivity contribution in [2.75, 3.05) is 26.2 Å². The van der Waals surface area contributed by atoms with Gasteiger partial charge in [-0.2, -0.15) is 0 Å². The van der Waals surface area contributed by atoms with Gasteiger partial charge in [-0.25, -0.2) is 0 Å². The van der Waals surface area contributed by atoms with Crippen LogP contribution in [0.2, 0.25) is 0 Å². The highest BCUT2D eigenvalue weighted by molar-refractivity contribution is 5.93. The number of hydrogen-bond donors (Lipinski definition) is 1. The van der Waals surface area contributed by atoms with E-state index in [9.17, 15) is 4.79 Å². The lowest BCUT2D eigenvalue weighted by Crippen LogP contribution is -2.48. The summed E-state index contributed by atoms with van der Waals surface area (Å²) in [5.74, 6) is 0.147. The normalized spacial score (nSPS) is 15.9. The molecule has 3 heterocycles. The van der Waals surface area contributed by atoms with Gasteiger partial charge in [-0.3, -0.25) is 9.69 Å². The van der Waals surface area contributed by atoms with E-state index in [0.717, 1.165) is 38.4 Å². The van der Waals surface area contributed by atoms with Crippen LogP contribution in [-0.4, -0.2) is 51.4 Å². The van der Waals surface area contributed by atoms with E-state index in [1.807, 2.05) is 23.2 Å². The van der Waals surface area contributed by atoms with Crippen LogP contribution < -0.4 is 0 Å². The first-order valence-corrected chi connectivity index (χ1v) is 9.37. The van der Waals surface area contributed by atoms with Crippen molar-refractivity contribution >= 4 is 16.8 Å². The minimum absolute atomic E-state index is 0.147. The van der Waals surface area contributed by atoms with Gasteiger partial charge >= 0.3 is 0 Å². The molecule has 4 rings (SSSR count). The van der Waals surface area contributed by atoms with E-state index in [1.165, 1.54) is 16.6 Å². The van der Waals surface area contributed by atoms with Crippen LogP contribution in [-0.2, 0) is 6.54 Å². The molecule has 0 bridgehead atoms. The summed E-state index contributed by atoms with van der Waals surface area (Å²) in [5.41, 5.74) is 3.22. The first-order valence-electron chi connectivity index (χ1n) is 9.37. The molecule has 0 spiro atoms. The quantitative estimate of drug-likeness (QED) is 0.783. The summed E-state index contributed by atoms with van der Waals surface area (Å²) in [7, 11) is 0. The average molecular weight is 350 g/mol. The summed E-state index contributed by atoms with van der Waals surface area (Å²) in [4.78, 5) is 20.7. The molecule has 1 fully saturated rings. The van der Waals surface area contributed by atoms with Crippen molar-refractivity contribution in [2.24, 2.45) is 0 Å². The number of benzene rings is 1. The van der Waals surface area contributed by atoms with Crippen molar-refractivity contribution in [2.45, 2.75) is 26.4 Å². The lowest BCUT2D eigenvalue weighted by Gasteiger charge is -2.34. The van der Waals surface area contributed by atoms with Crippen LogP contribution in [0, 0.1) is 0 Å². The predicted molar refractivity (Wildman–Crippen MR) is 104 cm³/mol. The number of carbonyl (C=O) groups is 1. The van der Waals surface area contributed by atoms with Crippen molar-refractivity contribution in [3.05, 3.63) is 60.0 Å². The number of para-hydroxylation sites is 1. The second-order valence-electron chi connectivity index (χ2n) is 7.34. The van der Waals surface area contributed by atoms with E-state index in [2.05, 4.69) is 58.6 Å². The number of nitrogens with one attached hydrogen (secondary N) is 1. The first kappa shape index (κ1) is 16.9. The molecule has 1 aromatic carbocycles. The van der Waals surface area contributed by atoms with Gasteiger partial charge in [0, 0.05) is 56.2 Å². The maximum atomic E-state index is 12.8. The number of piperazine rings is 1. The standard InChI is InChI=1S/C21H26N4O/c1-16(2)25-9-5-8-20(25)21(26)24-12-10-23(11-13-24)15-18-14-17-6-3-4-7-19(17)22-18/h3-9,14,16,22H,10-13,15H2,1-2H3. The largest absolute Gasteiger partial charge is 0.357 e. The van der Waals surface area contributed by atoms with Gasteiger partial charge < -0.3 is 14.5 Å². The molecule has 3 aromatic rings. The Labute approximate surface area is 154 Å². The molecule has 26 heavy (non-hydrogen) atoms. The molecule has 0 atom stereocenters. The van der Waals surface area contributed by atoms with Gasteiger partial charge in [-0.1, -0.05) is 18.2 Å². The van der Waals surface area contributed by atoms with Crippen molar-refractivity contribution in [3.8, 4) is 0 Å². The molecule has 1 N–H and O–H groups in total. The van der Waals surface area contributed by atoms with Crippen molar-refractivity contribution in [3.63, 3.8) is 0 Å². The fourth-order valence-electron chi connectivity index (χ4n) is 3.76. The molecule has 1 saturated heterocycles. The zero-order chi connectivity index (χ0) is 18.1. The van der Waals surface area contributed by atoms with Crippen LogP contribution in [0.1, 0.15) is 36.1 Å². The molecule has 136 valence electrons. The van der Waals surface area contributed by atoms with Gasteiger partial charge in [0.2, 0.25) is 0 Å². The zero-order valence-electron chi connectivity index (χ0n) is 15.5. The molecule has 2 aromatic heterocycles. The molecule has 0 saturated carbocycles. The minimum Gasteiger partial charge on any atom is -0.357 e. The van der Waals surface area contributed by atoms with E-state index in [0.29, 0.717) is 6.04 Å². The minimum atomic E-state index is 0.147. The van der Waals surface area contributed by atoms with E-state index in [4.69, 9.17) is 0 Å². The van der Waals surface area contributed by atoms with Crippen LogP contribution in [0.4, 0.5) is 0 Å². The fourth-order valence-corrected chi connectivity index (χ4v) is 3.76. The SMILES string of the molecule is CC(C)n1cccc1C(=O)N1CCN(Cc2cc3ccccc3[nH]2)CC1. The predicted octanol–water partition coefficient (Wildman–Crippen LogP) is 3.51. The van der Waals surface area contributed by atoms with Crippen LogP contribution >= 0.6 is 0 Å². The van der Waals surface area contributed by atoms with E-state index < -0.39 is 0 Å². The zero-order valence-corrected chi connectivity index (χ0v) is 15.5. The van der Waals surface area contributed by atoms with Crippen molar-refractivity contribution < 1.29 is 4.79 Å². The van der Waals surface area contributed by atoms with Gasteiger partial charge in [0.15, 0.2) is 0 Å². The second kappa shape index (κ2) is 7.00. The maximum absolute atomic E-state index is 12.8. The summed E-state index contributed by atoms with van der Waals surface area (Å²) >= 11 is 0. The van der Waals surface area contributed by atoms with Gasteiger partial charge in [-0.05, 0) is 43.5 Å². The van der Waals surface area contributed by atoms with Crippen LogP contribution in [0.25, 0.3) is 10.9 Å². The Morgan fingerprint density at radius 3 is 2.58 bits per heavy atom. The van der Waals surface area contributed by atoms with E-state index >= 15 is 0 Å². The highest BCUT2D eigenvalue weighted by Crippen LogP contribution is 2.18. The second-order valence-corrected chi connectivity index (χ2v) is 7.34. The summed E-state index contributed by atoms with van der Waals surface area (Å²) < 4.78 is 2.05. The van der Waals surface area contributed by atoms with E-state index in [-0.39, 0.29) is 5.91 Å². The Morgan fingerprint density at radius 1 is 1.08 bits per heavy atom. The number of H-pyrrole nitrogens is 1. The van der Waals surface area contributed by atoms with Crippen molar-refractivity contribution in [1.82, 2.24) is 19.4 Å². The Kier molecular flexibility index (Phi) is 4.55. The fraction of sp³-hybridized carbons (Fsp3) is 0.381. The number of aromatic amines is 1. The Balaban J connectivity index is 1.37. The maximum Gasteiger partial charge on any atom is 0.270 e. The van der Waals surface area contributed by atoms with E-state index in [1.54, 1.807) is 0 Å². The topological polar surface area (TPSA) is 44.3 Å². The highest BCUT2D eigenvalue weighted by Gasteiger charge is 2.24. The number of rotatable bonds is 4. The third kappa shape index (κ3) is 3.27. The number of aromatic nitrogens is 2. The van der Waals surface area contributed by atoms with Gasteiger partial charge in [-0.15, -0.1) is 0 Å². The molecule has 0 aliphatic carbocycles. The third-order valence-corrected chi connectivity index (χ3v) is 5.19. The summed E-state index contributed by atoms with van der Waals surface area (Å²) in [6, 6.07) is 14.8. The molecule has 0 radical (unpaired) electrons. The third-order valence-electron chi connectivity index (χ3n) is 5.19. The van der Waals surface area contributed by atoms with Gasteiger partial charge in [0.05, 0.1) is 0 Å². The number of nitrogens with zero attached hydrogens (tertiary/aromatic N) is 3. The first-order chi connectivity index (χ1) is 12.6. The Bertz CT molecular complexity index is 867. The van der Waals surface area contributed by atoms with Gasteiger partial charge in [0.25, 0.3) is 5.91 Å². The Morgan fingerprint density at radius 2 is 1.85 bits per heavy atom. The van der Waals surface area contributed by atoms with Gasteiger partial charge in [0.1, 0.15) is 5.69 Å². The molecule has 1 amide bonds. The molecule has 1 aliphatic heterocycles. The van der Waals surface area contributed by atoms with Crippen LogP contribution in [0.15, 0.2) is 48.7 Å². The Hall–Kier alpha value is -2.53. The molecular formula is C21H26N4O. The van der Waals surface area contributed by atoms with Crippen LogP contribution in [0.5, 0.6) is 0 Å². The molecular weight excluding hydrogens is 324 g/mol. The molecule has 5 heteroatoms. The molecule has 0 unspecified atom stereocenters. The lowest BCUT2D eigenvalue weighted by atomic mass is 10.2. The monoisotopic (exact) mass is 350 g/mol. The molecule has 5 nitrogen and oxygen atoms in total. The summed E-state index contributed by atoms with van der Waals surface area (Å²) in [5, 5.41) is 1.26. The average Bonchev–Trinajstić information content (AvgIpc) is 3.28. The lowest BCUT2D eigenvalue weighted by molar-refractivity contribution is 0.0615. The highest BCUT2D eigenvalue weighted by atomic mass is 16.2. The van der Waals surface area contributed by atoms with Crippen LogP contribution in [0.3, 0.4) is 0 Å². The number of carbonyl (C=O) groups excluding carboxylic acids is 1. The van der Waals surface area contributed by atoms with Crippen molar-refractivity contribution in [1.29, 1.82) is 0 Å². The smallest absolute Gasteiger partial charge is 0.270 e.